The van der Waals surface area contributed by atoms with Crippen LogP contribution in [0.25, 0.3) is 11.0 Å². The van der Waals surface area contributed by atoms with Gasteiger partial charge in [0, 0.05) is 10.7 Å². The second-order valence-electron chi connectivity index (χ2n) is 4.97. The number of nitrogens with zero attached hydrogens (tertiary/aromatic N) is 3. The van der Waals surface area contributed by atoms with E-state index in [0.717, 1.165) is 17.7 Å². The molecule has 0 unspecified atom stereocenters. The molecule has 1 amide bonds. The molecule has 0 atom stereocenters. The lowest BCUT2D eigenvalue weighted by molar-refractivity contribution is -0.121. The van der Waals surface area contributed by atoms with Crippen molar-refractivity contribution in [2.45, 2.75) is 13.3 Å². The summed E-state index contributed by atoms with van der Waals surface area (Å²) in [5.41, 5.74) is 3.15. The van der Waals surface area contributed by atoms with Crippen molar-refractivity contribution in [3.8, 4) is 0 Å². The van der Waals surface area contributed by atoms with Crippen LogP contribution >= 0.6 is 11.6 Å². The number of hydrogen-bond acceptors (Lipinski definition) is 4. The lowest BCUT2D eigenvalue weighted by Gasteiger charge is -2.08. The molecule has 3 rings (SSSR count). The number of rotatable bonds is 5. The van der Waals surface area contributed by atoms with Gasteiger partial charge in [0.1, 0.15) is 11.0 Å². The van der Waals surface area contributed by atoms with Gasteiger partial charge in [-0.15, -0.1) is 5.10 Å². The Morgan fingerprint density at radius 3 is 3.00 bits per heavy atom. The molecule has 1 N–H and O–H groups in total. The fraction of sp³-hybridized carbons (Fsp3) is 0.188. The van der Waals surface area contributed by atoms with Gasteiger partial charge in [0.15, 0.2) is 6.61 Å². The summed E-state index contributed by atoms with van der Waals surface area (Å²) in [6.45, 7) is 1.88. The Kier molecular flexibility index (Phi) is 4.43. The van der Waals surface area contributed by atoms with Gasteiger partial charge in [0.05, 0.1) is 0 Å². The minimum Gasteiger partial charge on any atom is -0.385 e. The third-order valence-electron chi connectivity index (χ3n) is 3.31. The standard InChI is InChI=1S/C16H15ClN4O2/c1-2-11-4-3-5-13(8-11)18-16(22)10-23-21-15-9-12(17)6-7-14(15)19-20-21/h3-9H,2,10H2,1H3,(H,18,22). The van der Waals surface area contributed by atoms with E-state index in [1.54, 1.807) is 18.2 Å². The van der Waals surface area contributed by atoms with Crippen LogP contribution in [0.1, 0.15) is 12.5 Å². The molecule has 118 valence electrons. The van der Waals surface area contributed by atoms with Gasteiger partial charge in [0.25, 0.3) is 5.91 Å². The smallest absolute Gasteiger partial charge is 0.265 e. The van der Waals surface area contributed by atoms with Crippen molar-refractivity contribution >= 4 is 34.2 Å². The largest absolute Gasteiger partial charge is 0.385 e. The first-order valence-corrected chi connectivity index (χ1v) is 7.56. The van der Waals surface area contributed by atoms with Crippen LogP contribution in [0.15, 0.2) is 42.5 Å². The lowest BCUT2D eigenvalue weighted by Crippen LogP contribution is -2.26. The first-order chi connectivity index (χ1) is 11.2. The Labute approximate surface area is 138 Å². The van der Waals surface area contributed by atoms with Gasteiger partial charge in [0.2, 0.25) is 0 Å². The minimum absolute atomic E-state index is 0.179. The van der Waals surface area contributed by atoms with Crippen molar-refractivity contribution in [3.63, 3.8) is 0 Å². The predicted octanol–water partition coefficient (Wildman–Crippen LogP) is 2.71. The Morgan fingerprint density at radius 1 is 1.30 bits per heavy atom. The first-order valence-electron chi connectivity index (χ1n) is 7.19. The molecule has 3 aromatic rings. The average molecular weight is 331 g/mol. The van der Waals surface area contributed by atoms with Crippen LogP contribution in [0.4, 0.5) is 5.69 Å². The summed E-state index contributed by atoms with van der Waals surface area (Å²) >= 11 is 5.94. The van der Waals surface area contributed by atoms with E-state index in [1.165, 1.54) is 4.85 Å². The maximum absolute atomic E-state index is 12.0. The van der Waals surface area contributed by atoms with Gasteiger partial charge >= 0.3 is 0 Å². The topological polar surface area (TPSA) is 69.0 Å². The molecule has 0 aliphatic heterocycles. The van der Waals surface area contributed by atoms with E-state index in [-0.39, 0.29) is 12.5 Å². The molecule has 0 fully saturated rings. The van der Waals surface area contributed by atoms with E-state index in [0.29, 0.717) is 16.1 Å². The molecule has 23 heavy (non-hydrogen) atoms. The summed E-state index contributed by atoms with van der Waals surface area (Å²) in [5.74, 6) is -0.274. The number of fused-ring (bicyclic) bond motifs is 1. The highest BCUT2D eigenvalue weighted by Crippen LogP contribution is 2.16. The number of aromatic nitrogens is 3. The molecular formula is C16H15ClN4O2. The molecule has 0 spiro atoms. The molecule has 0 aliphatic rings. The van der Waals surface area contributed by atoms with Crippen LogP contribution in [0.3, 0.4) is 0 Å². The summed E-state index contributed by atoms with van der Waals surface area (Å²) in [4.78, 5) is 18.6. The molecule has 6 nitrogen and oxygen atoms in total. The molecule has 1 aromatic heterocycles. The Morgan fingerprint density at radius 2 is 2.17 bits per heavy atom. The van der Waals surface area contributed by atoms with Gasteiger partial charge in [-0.1, -0.05) is 35.5 Å². The monoisotopic (exact) mass is 330 g/mol. The molecule has 2 aromatic carbocycles. The molecule has 0 bridgehead atoms. The zero-order valence-corrected chi connectivity index (χ0v) is 13.2. The number of amides is 1. The van der Waals surface area contributed by atoms with Gasteiger partial charge in [-0.25, -0.2) is 0 Å². The summed E-state index contributed by atoms with van der Waals surface area (Å²) in [7, 11) is 0. The molecule has 0 saturated heterocycles. The summed E-state index contributed by atoms with van der Waals surface area (Å²) in [5, 5.41) is 11.1. The van der Waals surface area contributed by atoms with E-state index in [4.69, 9.17) is 16.4 Å². The molecular weight excluding hydrogens is 316 g/mol. The SMILES string of the molecule is CCc1cccc(NC(=O)COn2nnc3ccc(Cl)cc32)c1. The highest BCUT2D eigenvalue weighted by molar-refractivity contribution is 6.31. The number of anilines is 1. The molecule has 0 radical (unpaired) electrons. The van der Waals surface area contributed by atoms with Crippen LogP contribution in [-0.4, -0.2) is 27.7 Å². The van der Waals surface area contributed by atoms with Crippen LogP contribution in [0.2, 0.25) is 5.02 Å². The van der Waals surface area contributed by atoms with Crippen molar-refractivity contribution < 1.29 is 9.63 Å². The van der Waals surface area contributed by atoms with Gasteiger partial charge in [-0.3, -0.25) is 4.79 Å². The Balaban J connectivity index is 1.65. The zero-order chi connectivity index (χ0) is 16.2. The normalized spacial score (nSPS) is 10.7. The lowest BCUT2D eigenvalue weighted by atomic mass is 10.1. The van der Waals surface area contributed by atoms with Gasteiger partial charge in [-0.2, -0.15) is 0 Å². The number of carbonyl (C=O) groups excluding carboxylic acids is 1. The van der Waals surface area contributed by atoms with Crippen molar-refractivity contribution in [2.75, 3.05) is 11.9 Å². The average Bonchev–Trinajstić information content (AvgIpc) is 2.95. The van der Waals surface area contributed by atoms with Crippen molar-refractivity contribution in [2.24, 2.45) is 0 Å². The second-order valence-corrected chi connectivity index (χ2v) is 5.41. The number of carbonyl (C=O) groups is 1. The number of aryl methyl sites for hydroxylation is 1. The van der Waals surface area contributed by atoms with E-state index >= 15 is 0 Å². The van der Waals surface area contributed by atoms with Crippen LogP contribution in [0.5, 0.6) is 0 Å². The quantitative estimate of drug-likeness (QED) is 0.781. The third-order valence-corrected chi connectivity index (χ3v) is 3.55. The number of benzene rings is 2. The van der Waals surface area contributed by atoms with E-state index in [2.05, 4.69) is 22.6 Å². The maximum Gasteiger partial charge on any atom is 0.265 e. The summed E-state index contributed by atoms with van der Waals surface area (Å²) in [6, 6.07) is 12.8. The predicted molar refractivity (Wildman–Crippen MR) is 88.4 cm³/mol. The van der Waals surface area contributed by atoms with Gasteiger partial charge < -0.3 is 10.2 Å². The summed E-state index contributed by atoms with van der Waals surface area (Å²) in [6.07, 6.45) is 0.909. The van der Waals surface area contributed by atoms with Crippen LogP contribution in [0, 0.1) is 0 Å². The van der Waals surface area contributed by atoms with E-state index in [9.17, 15) is 4.79 Å². The second kappa shape index (κ2) is 6.66. The highest BCUT2D eigenvalue weighted by atomic mass is 35.5. The first kappa shape index (κ1) is 15.3. The van der Waals surface area contributed by atoms with E-state index < -0.39 is 0 Å². The van der Waals surface area contributed by atoms with E-state index in [1.807, 2.05) is 24.3 Å². The van der Waals surface area contributed by atoms with Crippen molar-refractivity contribution in [3.05, 3.63) is 53.1 Å². The highest BCUT2D eigenvalue weighted by Gasteiger charge is 2.09. The number of halogens is 1. The molecule has 0 saturated carbocycles. The Bertz CT molecular complexity index is 847. The number of nitrogens with one attached hydrogen (secondary N) is 1. The van der Waals surface area contributed by atoms with Crippen molar-refractivity contribution in [1.82, 2.24) is 15.2 Å². The van der Waals surface area contributed by atoms with Crippen LogP contribution < -0.4 is 10.2 Å². The Hall–Kier alpha value is -2.60. The summed E-state index contributed by atoms with van der Waals surface area (Å²) < 4.78 is 0. The zero-order valence-electron chi connectivity index (χ0n) is 12.5. The molecule has 7 heteroatoms. The molecule has 1 heterocycles. The number of hydrogen-bond donors (Lipinski definition) is 1. The molecule has 0 aliphatic carbocycles. The van der Waals surface area contributed by atoms with Crippen molar-refractivity contribution in [1.29, 1.82) is 0 Å². The third kappa shape index (κ3) is 3.60. The fourth-order valence-corrected chi connectivity index (χ4v) is 2.32. The minimum atomic E-state index is -0.274. The van der Waals surface area contributed by atoms with Crippen LogP contribution in [-0.2, 0) is 11.2 Å². The fourth-order valence-electron chi connectivity index (χ4n) is 2.15. The van der Waals surface area contributed by atoms with Gasteiger partial charge in [-0.05, 0) is 47.5 Å². The maximum atomic E-state index is 12.0.